The standard InChI is InChI=1S/C14H14Cl2N2O2/c1-7-14(8(2)18-17-7)11(6-13(19)20)10-4-3-9(15)5-12(10)16/h3-5,11H,6H2,1-2H3,(H,17,18)(H,19,20). The van der Waals surface area contributed by atoms with Crippen molar-refractivity contribution in [3.05, 3.63) is 50.8 Å². The molecule has 0 radical (unpaired) electrons. The summed E-state index contributed by atoms with van der Waals surface area (Å²) in [5, 5.41) is 17.2. The van der Waals surface area contributed by atoms with Crippen molar-refractivity contribution in [2.24, 2.45) is 0 Å². The highest BCUT2D eigenvalue weighted by atomic mass is 35.5. The van der Waals surface area contributed by atoms with Crippen molar-refractivity contribution in [1.82, 2.24) is 10.2 Å². The zero-order valence-electron chi connectivity index (χ0n) is 11.1. The molecule has 2 N–H and O–H groups in total. The number of hydrogen-bond acceptors (Lipinski definition) is 2. The molecule has 0 aliphatic heterocycles. The molecule has 1 unspecified atom stereocenters. The van der Waals surface area contributed by atoms with E-state index in [0.29, 0.717) is 10.0 Å². The molecule has 0 aliphatic carbocycles. The summed E-state index contributed by atoms with van der Waals surface area (Å²) in [7, 11) is 0. The normalized spacial score (nSPS) is 12.4. The van der Waals surface area contributed by atoms with E-state index in [9.17, 15) is 9.90 Å². The average molecular weight is 313 g/mol. The topological polar surface area (TPSA) is 66.0 Å². The molecule has 6 heteroatoms. The predicted octanol–water partition coefficient (Wildman–Crippen LogP) is 3.94. The van der Waals surface area contributed by atoms with Crippen LogP contribution in [0.4, 0.5) is 0 Å². The molecule has 0 aliphatic rings. The summed E-state index contributed by atoms with van der Waals surface area (Å²) in [4.78, 5) is 11.2. The van der Waals surface area contributed by atoms with Crippen molar-refractivity contribution in [1.29, 1.82) is 0 Å². The smallest absolute Gasteiger partial charge is 0.304 e. The van der Waals surface area contributed by atoms with Gasteiger partial charge in [0.05, 0.1) is 12.1 Å². The van der Waals surface area contributed by atoms with E-state index in [2.05, 4.69) is 10.2 Å². The van der Waals surface area contributed by atoms with E-state index in [0.717, 1.165) is 22.5 Å². The molecule has 2 rings (SSSR count). The van der Waals surface area contributed by atoms with E-state index < -0.39 is 5.97 Å². The Kier molecular flexibility index (Phi) is 4.35. The van der Waals surface area contributed by atoms with E-state index in [1.54, 1.807) is 18.2 Å². The second-order valence-electron chi connectivity index (χ2n) is 4.66. The molecule has 1 atom stereocenters. The first-order valence-electron chi connectivity index (χ1n) is 6.08. The van der Waals surface area contributed by atoms with Crippen LogP contribution in [0.1, 0.15) is 34.9 Å². The van der Waals surface area contributed by atoms with Crippen molar-refractivity contribution in [3.63, 3.8) is 0 Å². The molecule has 4 nitrogen and oxygen atoms in total. The predicted molar refractivity (Wildman–Crippen MR) is 78.6 cm³/mol. The fourth-order valence-corrected chi connectivity index (χ4v) is 2.94. The van der Waals surface area contributed by atoms with Gasteiger partial charge in [-0.3, -0.25) is 9.89 Å². The third-order valence-electron chi connectivity index (χ3n) is 3.25. The second-order valence-corrected chi connectivity index (χ2v) is 5.51. The Hall–Kier alpha value is -1.52. The van der Waals surface area contributed by atoms with Crippen LogP contribution in [-0.4, -0.2) is 21.3 Å². The van der Waals surface area contributed by atoms with Gasteiger partial charge in [0.2, 0.25) is 0 Å². The van der Waals surface area contributed by atoms with E-state index in [4.69, 9.17) is 23.2 Å². The summed E-state index contributed by atoms with van der Waals surface area (Å²) in [6.07, 6.45) is -0.0530. The number of nitrogens with zero attached hydrogens (tertiary/aromatic N) is 1. The lowest BCUT2D eigenvalue weighted by atomic mass is 9.87. The third kappa shape index (κ3) is 2.97. The quantitative estimate of drug-likeness (QED) is 0.898. The molecular formula is C14H14Cl2N2O2. The number of benzene rings is 1. The number of nitrogens with one attached hydrogen (secondary N) is 1. The Morgan fingerprint density at radius 3 is 2.60 bits per heavy atom. The van der Waals surface area contributed by atoms with Gasteiger partial charge in [0.25, 0.3) is 0 Å². The molecule has 106 valence electrons. The molecular weight excluding hydrogens is 299 g/mol. The van der Waals surface area contributed by atoms with Crippen LogP contribution >= 0.6 is 23.2 Å². The summed E-state index contributed by atoms with van der Waals surface area (Å²) >= 11 is 12.1. The molecule has 1 aromatic carbocycles. The molecule has 1 aromatic heterocycles. The van der Waals surface area contributed by atoms with Gasteiger partial charge in [0.15, 0.2) is 0 Å². The summed E-state index contributed by atoms with van der Waals surface area (Å²) in [5.41, 5.74) is 3.24. The number of halogens is 2. The van der Waals surface area contributed by atoms with Gasteiger partial charge in [-0.15, -0.1) is 0 Å². The largest absolute Gasteiger partial charge is 0.481 e. The van der Waals surface area contributed by atoms with Crippen molar-refractivity contribution in [3.8, 4) is 0 Å². The lowest BCUT2D eigenvalue weighted by Gasteiger charge is -2.18. The van der Waals surface area contributed by atoms with Crippen LogP contribution in [0, 0.1) is 13.8 Å². The summed E-state index contributed by atoms with van der Waals surface area (Å²) < 4.78 is 0. The number of carboxylic acid groups (broad SMARTS) is 1. The first-order valence-corrected chi connectivity index (χ1v) is 6.84. The van der Waals surface area contributed by atoms with Gasteiger partial charge in [-0.1, -0.05) is 29.3 Å². The Bertz CT molecular complexity index is 633. The Morgan fingerprint density at radius 2 is 2.10 bits per heavy atom. The Labute approximate surface area is 126 Å². The fraction of sp³-hybridized carbons (Fsp3) is 0.286. The Balaban J connectivity index is 2.56. The van der Waals surface area contributed by atoms with E-state index in [1.165, 1.54) is 0 Å². The number of carbonyl (C=O) groups is 1. The van der Waals surface area contributed by atoms with Crippen LogP contribution in [0.5, 0.6) is 0 Å². The van der Waals surface area contributed by atoms with E-state index >= 15 is 0 Å². The van der Waals surface area contributed by atoms with Crippen LogP contribution in [-0.2, 0) is 4.79 Å². The zero-order valence-corrected chi connectivity index (χ0v) is 12.6. The highest BCUT2D eigenvalue weighted by Crippen LogP contribution is 2.36. The fourth-order valence-electron chi connectivity index (χ4n) is 2.40. The number of hydrogen-bond donors (Lipinski definition) is 2. The number of H-pyrrole nitrogens is 1. The van der Waals surface area contributed by atoms with Crippen molar-refractivity contribution in [2.45, 2.75) is 26.2 Å². The lowest BCUT2D eigenvalue weighted by molar-refractivity contribution is -0.137. The van der Waals surface area contributed by atoms with Crippen molar-refractivity contribution < 1.29 is 9.90 Å². The van der Waals surface area contributed by atoms with Crippen LogP contribution in [0.15, 0.2) is 18.2 Å². The summed E-state index contributed by atoms with van der Waals surface area (Å²) in [6.45, 7) is 3.71. The first-order chi connectivity index (χ1) is 9.40. The van der Waals surface area contributed by atoms with Crippen LogP contribution < -0.4 is 0 Å². The third-order valence-corrected chi connectivity index (χ3v) is 3.81. The highest BCUT2D eigenvalue weighted by molar-refractivity contribution is 6.35. The minimum absolute atomic E-state index is 0.0530. The number of rotatable bonds is 4. The minimum Gasteiger partial charge on any atom is -0.481 e. The number of aromatic amines is 1. The van der Waals surface area contributed by atoms with Gasteiger partial charge in [0, 0.05) is 27.2 Å². The number of carboxylic acids is 1. The van der Waals surface area contributed by atoms with E-state index in [-0.39, 0.29) is 12.3 Å². The van der Waals surface area contributed by atoms with Gasteiger partial charge in [-0.2, -0.15) is 5.10 Å². The Morgan fingerprint density at radius 1 is 1.40 bits per heavy atom. The van der Waals surface area contributed by atoms with Gasteiger partial charge in [0.1, 0.15) is 0 Å². The molecule has 20 heavy (non-hydrogen) atoms. The highest BCUT2D eigenvalue weighted by Gasteiger charge is 2.25. The van der Waals surface area contributed by atoms with Gasteiger partial charge >= 0.3 is 5.97 Å². The van der Waals surface area contributed by atoms with Gasteiger partial charge < -0.3 is 5.11 Å². The molecule has 1 heterocycles. The molecule has 0 bridgehead atoms. The zero-order chi connectivity index (χ0) is 14.9. The molecule has 2 aromatic rings. The first kappa shape index (κ1) is 14.9. The number of aryl methyl sites for hydroxylation is 2. The summed E-state index contributed by atoms with van der Waals surface area (Å²) in [6, 6.07) is 5.10. The van der Waals surface area contributed by atoms with Crippen LogP contribution in [0.2, 0.25) is 10.0 Å². The minimum atomic E-state index is -0.888. The molecule has 0 spiro atoms. The van der Waals surface area contributed by atoms with Crippen LogP contribution in [0.25, 0.3) is 0 Å². The van der Waals surface area contributed by atoms with Crippen molar-refractivity contribution >= 4 is 29.2 Å². The molecule has 0 saturated heterocycles. The maximum absolute atomic E-state index is 11.2. The maximum Gasteiger partial charge on any atom is 0.304 e. The maximum atomic E-state index is 11.2. The van der Waals surface area contributed by atoms with E-state index in [1.807, 2.05) is 13.8 Å². The van der Waals surface area contributed by atoms with Gasteiger partial charge in [-0.25, -0.2) is 0 Å². The molecule has 0 fully saturated rings. The average Bonchev–Trinajstić information content (AvgIpc) is 2.66. The lowest BCUT2D eigenvalue weighted by Crippen LogP contribution is -2.10. The van der Waals surface area contributed by atoms with Crippen molar-refractivity contribution in [2.75, 3.05) is 0 Å². The molecule has 0 amide bonds. The SMILES string of the molecule is Cc1n[nH]c(C)c1C(CC(=O)O)c1ccc(Cl)cc1Cl. The second kappa shape index (κ2) is 5.85. The number of aliphatic carboxylic acids is 1. The van der Waals surface area contributed by atoms with Crippen LogP contribution in [0.3, 0.4) is 0 Å². The number of aromatic nitrogens is 2. The monoisotopic (exact) mass is 312 g/mol. The molecule has 0 saturated carbocycles. The summed E-state index contributed by atoms with van der Waals surface area (Å²) in [5.74, 6) is -1.24. The van der Waals surface area contributed by atoms with Gasteiger partial charge in [-0.05, 0) is 31.5 Å².